The molecule has 13 heavy (non-hydrogen) atoms. The van der Waals surface area contributed by atoms with Crippen molar-refractivity contribution >= 4 is 12.4 Å². The van der Waals surface area contributed by atoms with Gasteiger partial charge in [-0.1, -0.05) is 0 Å². The third kappa shape index (κ3) is 2.55. The van der Waals surface area contributed by atoms with E-state index >= 15 is 0 Å². The lowest BCUT2D eigenvalue weighted by Crippen LogP contribution is -2.11. The molecule has 0 aliphatic heterocycles. The molecule has 1 aromatic heterocycles. The van der Waals surface area contributed by atoms with Gasteiger partial charge < -0.3 is 10.4 Å². The maximum absolute atomic E-state index is 10.4. The Labute approximate surface area is 74.4 Å². The average molecular weight is 180 g/mol. The summed E-state index contributed by atoms with van der Waals surface area (Å²) in [6.07, 6.45) is 1.82. The molecule has 5 heteroatoms. The van der Waals surface area contributed by atoms with Gasteiger partial charge in [-0.05, 0) is 12.1 Å². The second-order valence-corrected chi connectivity index (χ2v) is 2.34. The molecular weight excluding hydrogens is 172 g/mol. The van der Waals surface area contributed by atoms with E-state index in [4.69, 9.17) is 5.11 Å². The number of carboxylic acid groups (broad SMARTS) is 1. The van der Waals surface area contributed by atoms with Gasteiger partial charge in [0, 0.05) is 6.20 Å². The fraction of sp³-hybridized carbons (Fsp3) is 0.125. The number of carbonyl (C=O) groups is 2. The number of pyridine rings is 1. The van der Waals surface area contributed by atoms with Gasteiger partial charge in [-0.2, -0.15) is 0 Å². The van der Waals surface area contributed by atoms with Crippen LogP contribution in [0.2, 0.25) is 0 Å². The largest absolute Gasteiger partial charge is 0.478 e. The maximum Gasteiger partial charge on any atom is 0.337 e. The third-order valence-electron chi connectivity index (χ3n) is 1.44. The summed E-state index contributed by atoms with van der Waals surface area (Å²) in [7, 11) is 0. The highest BCUT2D eigenvalue weighted by molar-refractivity contribution is 5.87. The first kappa shape index (κ1) is 9.18. The molecule has 1 amide bonds. The molecule has 0 saturated heterocycles. The van der Waals surface area contributed by atoms with Crippen LogP contribution in [-0.2, 0) is 11.3 Å². The summed E-state index contributed by atoms with van der Waals surface area (Å²) >= 11 is 0. The number of carbonyl (C=O) groups excluding carboxylic acids is 1. The zero-order valence-corrected chi connectivity index (χ0v) is 6.73. The lowest BCUT2D eigenvalue weighted by atomic mass is 10.2. The van der Waals surface area contributed by atoms with Crippen molar-refractivity contribution in [2.45, 2.75) is 6.54 Å². The Morgan fingerprint density at radius 3 is 2.85 bits per heavy atom. The Balaban J connectivity index is 2.69. The van der Waals surface area contributed by atoms with Crippen LogP contribution in [0.3, 0.4) is 0 Å². The van der Waals surface area contributed by atoms with Crippen LogP contribution < -0.4 is 5.32 Å². The summed E-state index contributed by atoms with van der Waals surface area (Å²) in [5, 5.41) is 11.0. The molecule has 0 spiro atoms. The summed E-state index contributed by atoms with van der Waals surface area (Å²) < 4.78 is 0. The van der Waals surface area contributed by atoms with Crippen LogP contribution in [0, 0.1) is 0 Å². The molecule has 5 nitrogen and oxygen atoms in total. The summed E-state index contributed by atoms with van der Waals surface area (Å²) in [5.74, 6) is -1.01. The SMILES string of the molecule is O=CNCc1ccc(C(=O)O)cn1. The molecule has 0 unspecified atom stereocenters. The highest BCUT2D eigenvalue weighted by Crippen LogP contribution is 1.99. The molecule has 1 aromatic rings. The topological polar surface area (TPSA) is 79.3 Å². The predicted molar refractivity (Wildman–Crippen MR) is 44.1 cm³/mol. The van der Waals surface area contributed by atoms with Crippen molar-refractivity contribution < 1.29 is 14.7 Å². The average Bonchev–Trinajstić information content (AvgIpc) is 2.15. The zero-order chi connectivity index (χ0) is 9.68. The zero-order valence-electron chi connectivity index (χ0n) is 6.73. The molecule has 0 aliphatic carbocycles. The number of aromatic carboxylic acids is 1. The van der Waals surface area contributed by atoms with Crippen molar-refractivity contribution in [1.29, 1.82) is 0 Å². The van der Waals surface area contributed by atoms with Gasteiger partial charge in [0.1, 0.15) is 0 Å². The lowest BCUT2D eigenvalue weighted by molar-refractivity contribution is -0.109. The van der Waals surface area contributed by atoms with Gasteiger partial charge in [0.05, 0.1) is 17.8 Å². The van der Waals surface area contributed by atoms with Crippen molar-refractivity contribution in [3.63, 3.8) is 0 Å². The van der Waals surface area contributed by atoms with Gasteiger partial charge in [0.15, 0.2) is 0 Å². The Hall–Kier alpha value is -1.91. The van der Waals surface area contributed by atoms with Crippen LogP contribution >= 0.6 is 0 Å². The Bertz CT molecular complexity index is 308. The number of amides is 1. The number of hydrogen-bond donors (Lipinski definition) is 2. The van der Waals surface area contributed by atoms with Crippen LogP contribution in [0.1, 0.15) is 16.1 Å². The third-order valence-corrected chi connectivity index (χ3v) is 1.44. The molecule has 1 rings (SSSR count). The standard InChI is InChI=1S/C8H8N2O3/c11-5-9-4-7-2-1-6(3-10-7)8(12)13/h1-3,5H,4H2,(H,9,11)(H,12,13). The quantitative estimate of drug-likeness (QED) is 0.640. The molecule has 0 atom stereocenters. The normalized spacial score (nSPS) is 9.23. The molecule has 0 saturated carbocycles. The second-order valence-electron chi connectivity index (χ2n) is 2.34. The van der Waals surface area contributed by atoms with Gasteiger partial charge in [-0.15, -0.1) is 0 Å². The van der Waals surface area contributed by atoms with E-state index < -0.39 is 5.97 Å². The van der Waals surface area contributed by atoms with Crippen LogP contribution in [0.5, 0.6) is 0 Å². The summed E-state index contributed by atoms with van der Waals surface area (Å²) in [4.78, 5) is 24.2. The summed E-state index contributed by atoms with van der Waals surface area (Å²) in [6, 6.07) is 3.00. The van der Waals surface area contributed by atoms with Gasteiger partial charge in [0.25, 0.3) is 0 Å². The first-order chi connectivity index (χ1) is 6.24. The molecule has 0 bridgehead atoms. The highest BCUT2D eigenvalue weighted by atomic mass is 16.4. The molecule has 0 aliphatic rings. The van der Waals surface area contributed by atoms with E-state index in [1.54, 1.807) is 6.07 Å². The molecule has 2 N–H and O–H groups in total. The second kappa shape index (κ2) is 4.20. The number of nitrogens with zero attached hydrogens (tertiary/aromatic N) is 1. The van der Waals surface area contributed by atoms with Gasteiger partial charge in [-0.25, -0.2) is 4.79 Å². The Morgan fingerprint density at radius 2 is 2.38 bits per heavy atom. The minimum Gasteiger partial charge on any atom is -0.478 e. The van der Waals surface area contributed by atoms with E-state index in [1.165, 1.54) is 12.3 Å². The fourth-order valence-electron chi connectivity index (χ4n) is 0.802. The minimum absolute atomic E-state index is 0.134. The monoisotopic (exact) mass is 180 g/mol. The van der Waals surface area contributed by atoms with Crippen LogP contribution in [0.4, 0.5) is 0 Å². The number of carboxylic acids is 1. The van der Waals surface area contributed by atoms with Crippen molar-refractivity contribution in [3.8, 4) is 0 Å². The van der Waals surface area contributed by atoms with E-state index in [2.05, 4.69) is 10.3 Å². The summed E-state index contributed by atoms with van der Waals surface area (Å²) in [5.41, 5.74) is 0.756. The van der Waals surface area contributed by atoms with Crippen LogP contribution in [0.25, 0.3) is 0 Å². The van der Waals surface area contributed by atoms with Crippen molar-refractivity contribution in [3.05, 3.63) is 29.6 Å². The first-order valence-electron chi connectivity index (χ1n) is 3.59. The number of aromatic nitrogens is 1. The molecule has 0 radical (unpaired) electrons. The molecular formula is C8H8N2O3. The molecule has 0 aromatic carbocycles. The minimum atomic E-state index is -1.01. The number of hydrogen-bond acceptors (Lipinski definition) is 3. The van der Waals surface area contributed by atoms with Crippen molar-refractivity contribution in [1.82, 2.24) is 10.3 Å². The Morgan fingerprint density at radius 1 is 1.62 bits per heavy atom. The fourth-order valence-corrected chi connectivity index (χ4v) is 0.802. The van der Waals surface area contributed by atoms with E-state index in [9.17, 15) is 9.59 Å². The van der Waals surface area contributed by atoms with Gasteiger partial charge >= 0.3 is 5.97 Å². The van der Waals surface area contributed by atoms with Gasteiger partial charge in [-0.3, -0.25) is 9.78 Å². The number of nitrogens with one attached hydrogen (secondary N) is 1. The maximum atomic E-state index is 10.4. The molecule has 68 valence electrons. The predicted octanol–water partition coefficient (Wildman–Crippen LogP) is 0.0258. The first-order valence-corrected chi connectivity index (χ1v) is 3.59. The van der Waals surface area contributed by atoms with E-state index in [0.717, 1.165) is 0 Å². The highest BCUT2D eigenvalue weighted by Gasteiger charge is 2.01. The van der Waals surface area contributed by atoms with Crippen LogP contribution in [0.15, 0.2) is 18.3 Å². The van der Waals surface area contributed by atoms with Crippen molar-refractivity contribution in [2.75, 3.05) is 0 Å². The summed E-state index contributed by atoms with van der Waals surface area (Å²) in [6.45, 7) is 0.309. The van der Waals surface area contributed by atoms with Gasteiger partial charge in [0.2, 0.25) is 6.41 Å². The molecule has 1 heterocycles. The van der Waals surface area contributed by atoms with Crippen molar-refractivity contribution in [2.24, 2.45) is 0 Å². The smallest absolute Gasteiger partial charge is 0.337 e. The van der Waals surface area contributed by atoms with E-state index in [1.807, 2.05) is 0 Å². The van der Waals surface area contributed by atoms with E-state index in [0.29, 0.717) is 18.6 Å². The number of rotatable bonds is 4. The molecule has 0 fully saturated rings. The van der Waals surface area contributed by atoms with Crippen LogP contribution in [-0.4, -0.2) is 22.5 Å². The van der Waals surface area contributed by atoms with E-state index in [-0.39, 0.29) is 5.56 Å². The lowest BCUT2D eigenvalue weighted by Gasteiger charge is -1.98. The Kier molecular flexibility index (Phi) is 2.97.